The highest BCUT2D eigenvalue weighted by atomic mass is 79.9. The van der Waals surface area contributed by atoms with E-state index in [1.54, 1.807) is 6.07 Å². The molecule has 1 aromatic heterocycles. The fourth-order valence-electron chi connectivity index (χ4n) is 2.49. The van der Waals surface area contributed by atoms with Gasteiger partial charge in [0.2, 0.25) is 10.0 Å². The fourth-order valence-corrected chi connectivity index (χ4v) is 4.96. The summed E-state index contributed by atoms with van der Waals surface area (Å²) in [4.78, 5) is 0.184. The van der Waals surface area contributed by atoms with E-state index in [-0.39, 0.29) is 9.56 Å². The van der Waals surface area contributed by atoms with Crippen molar-refractivity contribution in [2.24, 2.45) is 5.92 Å². The van der Waals surface area contributed by atoms with E-state index in [2.05, 4.69) is 26.0 Å². The Bertz CT molecular complexity index is 631. The van der Waals surface area contributed by atoms with Crippen LogP contribution in [0.2, 0.25) is 0 Å². The molecular weight excluding hydrogens is 356 g/mol. The Labute approximate surface area is 134 Å². The lowest BCUT2D eigenvalue weighted by Gasteiger charge is -2.25. The Morgan fingerprint density at radius 1 is 1.33 bits per heavy atom. The monoisotopic (exact) mass is 376 g/mol. The van der Waals surface area contributed by atoms with Crippen molar-refractivity contribution < 1.29 is 12.8 Å². The quantitative estimate of drug-likeness (QED) is 0.767. The van der Waals surface area contributed by atoms with Gasteiger partial charge in [-0.3, -0.25) is 0 Å². The van der Waals surface area contributed by atoms with Gasteiger partial charge in [-0.15, -0.1) is 0 Å². The molecule has 0 spiro atoms. The maximum Gasteiger partial charge on any atom is 0.245 e. The summed E-state index contributed by atoms with van der Waals surface area (Å²) < 4.78 is 33.7. The first-order chi connectivity index (χ1) is 9.78. The van der Waals surface area contributed by atoms with Gasteiger partial charge in [0.25, 0.3) is 0 Å². The van der Waals surface area contributed by atoms with Crippen molar-refractivity contribution in [3.63, 3.8) is 0 Å². The average molecular weight is 377 g/mol. The Kier molecular flexibility index (Phi) is 3.97. The molecular formula is C14H21BrN2O3S. The second-order valence-electron chi connectivity index (χ2n) is 6.61. The first kappa shape index (κ1) is 15.5. The van der Waals surface area contributed by atoms with Gasteiger partial charge in [0, 0.05) is 17.6 Å². The third-order valence-corrected chi connectivity index (χ3v) is 6.66. The smallest absolute Gasteiger partial charge is 0.245 e. The molecule has 0 aliphatic heterocycles. The van der Waals surface area contributed by atoms with Gasteiger partial charge in [-0.25, -0.2) is 13.1 Å². The molecule has 0 atom stereocenters. The molecule has 2 N–H and O–H groups in total. The van der Waals surface area contributed by atoms with E-state index in [0.29, 0.717) is 24.3 Å². The molecule has 2 aliphatic rings. The highest BCUT2D eigenvalue weighted by Gasteiger charge is 2.41. The van der Waals surface area contributed by atoms with Crippen LogP contribution < -0.4 is 10.0 Å². The second-order valence-corrected chi connectivity index (χ2v) is 8.98. The Balaban J connectivity index is 1.74. The summed E-state index contributed by atoms with van der Waals surface area (Å²) in [5, 5.41) is 3.31. The number of furan rings is 1. The molecule has 2 saturated carbocycles. The van der Waals surface area contributed by atoms with Crippen molar-refractivity contribution in [1.82, 2.24) is 10.0 Å². The highest BCUT2D eigenvalue weighted by Crippen LogP contribution is 2.40. The van der Waals surface area contributed by atoms with E-state index in [1.165, 1.54) is 12.8 Å². The van der Waals surface area contributed by atoms with Crippen LogP contribution in [0.3, 0.4) is 0 Å². The lowest BCUT2D eigenvalue weighted by atomic mass is 10.0. The molecule has 5 nitrogen and oxygen atoms in total. The standard InChI is InChI=1S/C14H21BrN2O3S/c1-14(2,9-3-4-9)17-21(18,19)12-7-11(20-13(12)15)8-16-10-5-6-10/h7,9-10,16-17H,3-6,8H2,1-2H3. The predicted molar refractivity (Wildman–Crippen MR) is 83.4 cm³/mol. The third kappa shape index (κ3) is 3.70. The van der Waals surface area contributed by atoms with E-state index >= 15 is 0 Å². The van der Waals surface area contributed by atoms with Gasteiger partial charge in [-0.2, -0.15) is 0 Å². The molecule has 0 saturated heterocycles. The number of nitrogens with one attached hydrogen (secondary N) is 2. The summed E-state index contributed by atoms with van der Waals surface area (Å²) in [5.74, 6) is 1.06. The van der Waals surface area contributed by atoms with Crippen LogP contribution in [0.4, 0.5) is 0 Å². The molecule has 0 radical (unpaired) electrons. The molecule has 2 fully saturated rings. The Morgan fingerprint density at radius 3 is 2.57 bits per heavy atom. The van der Waals surface area contributed by atoms with Gasteiger partial charge >= 0.3 is 0 Å². The summed E-state index contributed by atoms with van der Waals surface area (Å²) in [7, 11) is -3.57. The van der Waals surface area contributed by atoms with E-state index < -0.39 is 15.6 Å². The van der Waals surface area contributed by atoms with Crippen LogP contribution in [0, 0.1) is 5.92 Å². The molecule has 1 heterocycles. The maximum atomic E-state index is 12.5. The van der Waals surface area contributed by atoms with Crippen molar-refractivity contribution in [2.75, 3.05) is 0 Å². The summed E-state index contributed by atoms with van der Waals surface area (Å²) >= 11 is 3.22. The number of hydrogen-bond acceptors (Lipinski definition) is 4. The van der Waals surface area contributed by atoms with Crippen LogP contribution in [-0.2, 0) is 16.6 Å². The van der Waals surface area contributed by atoms with Gasteiger partial charge in [-0.05, 0) is 61.4 Å². The van der Waals surface area contributed by atoms with Gasteiger partial charge in [-0.1, -0.05) is 0 Å². The molecule has 7 heteroatoms. The SMILES string of the molecule is CC(C)(NS(=O)(=O)c1cc(CNC2CC2)oc1Br)C1CC1. The van der Waals surface area contributed by atoms with E-state index in [4.69, 9.17) is 4.42 Å². The number of rotatable bonds is 7. The topological polar surface area (TPSA) is 71.3 Å². The second kappa shape index (κ2) is 5.37. The fraction of sp³-hybridized carbons (Fsp3) is 0.714. The lowest BCUT2D eigenvalue weighted by molar-refractivity contribution is 0.399. The van der Waals surface area contributed by atoms with Crippen molar-refractivity contribution in [1.29, 1.82) is 0 Å². The average Bonchev–Trinajstić information content (AvgIpc) is 3.23. The van der Waals surface area contributed by atoms with Crippen LogP contribution in [0.25, 0.3) is 0 Å². The first-order valence-electron chi connectivity index (χ1n) is 7.33. The Hall–Kier alpha value is -0.370. The Morgan fingerprint density at radius 2 is 2.00 bits per heavy atom. The van der Waals surface area contributed by atoms with Gasteiger partial charge in [0.15, 0.2) is 4.67 Å². The molecule has 0 unspecified atom stereocenters. The van der Waals surface area contributed by atoms with Gasteiger partial charge < -0.3 is 9.73 Å². The van der Waals surface area contributed by atoms with Gasteiger partial charge in [0.1, 0.15) is 10.7 Å². The van der Waals surface area contributed by atoms with Crippen LogP contribution in [-0.4, -0.2) is 20.0 Å². The van der Waals surface area contributed by atoms with Crippen molar-refractivity contribution >= 4 is 26.0 Å². The number of halogens is 1. The van der Waals surface area contributed by atoms with Crippen molar-refractivity contribution in [2.45, 2.75) is 62.6 Å². The van der Waals surface area contributed by atoms with E-state index in [1.807, 2.05) is 13.8 Å². The number of hydrogen-bond donors (Lipinski definition) is 2. The minimum Gasteiger partial charge on any atom is -0.452 e. The third-order valence-electron chi connectivity index (χ3n) is 4.13. The molecule has 0 aromatic carbocycles. The van der Waals surface area contributed by atoms with Crippen LogP contribution in [0.1, 0.15) is 45.3 Å². The number of sulfonamides is 1. The minimum absolute atomic E-state index is 0.184. The zero-order valence-electron chi connectivity index (χ0n) is 12.3. The molecule has 0 bridgehead atoms. The van der Waals surface area contributed by atoms with Crippen molar-refractivity contribution in [3.05, 3.63) is 16.5 Å². The maximum absolute atomic E-state index is 12.5. The minimum atomic E-state index is -3.57. The molecule has 2 aliphatic carbocycles. The zero-order valence-corrected chi connectivity index (χ0v) is 14.7. The highest BCUT2D eigenvalue weighted by molar-refractivity contribution is 9.10. The summed E-state index contributed by atoms with van der Waals surface area (Å²) in [6.07, 6.45) is 4.53. The predicted octanol–water partition coefficient (Wildman–Crippen LogP) is 2.76. The van der Waals surface area contributed by atoms with Crippen LogP contribution in [0.5, 0.6) is 0 Å². The first-order valence-corrected chi connectivity index (χ1v) is 9.61. The van der Waals surface area contributed by atoms with E-state index in [9.17, 15) is 8.42 Å². The molecule has 0 amide bonds. The van der Waals surface area contributed by atoms with Crippen molar-refractivity contribution in [3.8, 4) is 0 Å². The van der Waals surface area contributed by atoms with Crippen LogP contribution >= 0.6 is 15.9 Å². The molecule has 118 valence electrons. The lowest BCUT2D eigenvalue weighted by Crippen LogP contribution is -2.45. The molecule has 21 heavy (non-hydrogen) atoms. The summed E-state index contributed by atoms with van der Waals surface area (Å²) in [5.41, 5.74) is -0.415. The van der Waals surface area contributed by atoms with Crippen LogP contribution in [0.15, 0.2) is 20.0 Å². The largest absolute Gasteiger partial charge is 0.452 e. The summed E-state index contributed by atoms with van der Waals surface area (Å²) in [6.45, 7) is 4.43. The van der Waals surface area contributed by atoms with E-state index in [0.717, 1.165) is 12.8 Å². The molecule has 1 aromatic rings. The molecule has 3 rings (SSSR count). The summed E-state index contributed by atoms with van der Waals surface area (Å²) in [6, 6.07) is 2.16. The zero-order chi connectivity index (χ0) is 15.3. The normalized spacial score (nSPS) is 20.0. The van der Waals surface area contributed by atoms with Gasteiger partial charge in [0.05, 0.1) is 6.54 Å².